The van der Waals surface area contributed by atoms with Gasteiger partial charge in [-0.2, -0.15) is 0 Å². The molecule has 0 radical (unpaired) electrons. The van der Waals surface area contributed by atoms with Crippen molar-refractivity contribution in [3.8, 4) is 0 Å². The van der Waals surface area contributed by atoms with Gasteiger partial charge in [0, 0.05) is 12.7 Å². The van der Waals surface area contributed by atoms with E-state index in [0.717, 1.165) is 0 Å². The molecule has 1 heterocycles. The van der Waals surface area contributed by atoms with Gasteiger partial charge in [0.05, 0.1) is 10.6 Å². The number of hydrogen-bond acceptors (Lipinski definition) is 3. The van der Waals surface area contributed by atoms with Crippen LogP contribution in [0.25, 0.3) is 0 Å². The fourth-order valence-corrected chi connectivity index (χ4v) is 1.14. The van der Waals surface area contributed by atoms with Gasteiger partial charge < -0.3 is 11.1 Å². The maximum atomic E-state index is 11.6. The molecule has 1 aromatic heterocycles. The van der Waals surface area contributed by atoms with Gasteiger partial charge in [-0.15, -0.1) is 0 Å². The van der Waals surface area contributed by atoms with E-state index in [2.05, 4.69) is 10.3 Å². The molecule has 0 unspecified atom stereocenters. The molecule has 82 valence electrons. The van der Waals surface area contributed by atoms with Crippen LogP contribution >= 0.6 is 11.6 Å². The number of anilines is 1. The summed E-state index contributed by atoms with van der Waals surface area (Å²) in [5, 5.41) is 3.07. The molecule has 1 aromatic rings. The third kappa shape index (κ3) is 3.40. The smallest absolute Gasteiger partial charge is 0.252 e. The SMILES string of the molecule is CC(C)CNC(=O)c1cnc(N)c(Cl)c1. The molecule has 0 saturated carbocycles. The first-order chi connectivity index (χ1) is 7.00. The second kappa shape index (κ2) is 4.98. The molecule has 3 N–H and O–H groups in total. The third-order valence-corrected chi connectivity index (χ3v) is 2.11. The Kier molecular flexibility index (Phi) is 3.91. The van der Waals surface area contributed by atoms with Crippen LogP contribution in [0.4, 0.5) is 5.82 Å². The maximum Gasteiger partial charge on any atom is 0.252 e. The topological polar surface area (TPSA) is 68.0 Å². The molecule has 0 saturated heterocycles. The number of aromatic nitrogens is 1. The van der Waals surface area contributed by atoms with Crippen LogP contribution in [-0.2, 0) is 0 Å². The van der Waals surface area contributed by atoms with Gasteiger partial charge in [0.2, 0.25) is 0 Å². The number of nitrogen functional groups attached to an aromatic ring is 1. The summed E-state index contributed by atoms with van der Waals surface area (Å²) in [6.07, 6.45) is 1.41. The lowest BCUT2D eigenvalue weighted by molar-refractivity contribution is 0.0948. The Hall–Kier alpha value is -1.29. The highest BCUT2D eigenvalue weighted by Crippen LogP contribution is 2.16. The minimum Gasteiger partial charge on any atom is -0.382 e. The van der Waals surface area contributed by atoms with Crippen LogP contribution in [0.15, 0.2) is 12.3 Å². The average Bonchev–Trinajstić information content (AvgIpc) is 2.18. The first-order valence-corrected chi connectivity index (χ1v) is 5.07. The van der Waals surface area contributed by atoms with E-state index in [0.29, 0.717) is 23.0 Å². The Bertz CT molecular complexity index is 366. The maximum absolute atomic E-state index is 11.6. The zero-order valence-electron chi connectivity index (χ0n) is 8.75. The van der Waals surface area contributed by atoms with Crippen molar-refractivity contribution < 1.29 is 4.79 Å². The number of hydrogen-bond donors (Lipinski definition) is 2. The summed E-state index contributed by atoms with van der Waals surface area (Å²) in [6.45, 7) is 4.67. The van der Waals surface area contributed by atoms with Crippen LogP contribution in [0.1, 0.15) is 24.2 Å². The molecule has 0 bridgehead atoms. The van der Waals surface area contributed by atoms with Gasteiger partial charge >= 0.3 is 0 Å². The van der Waals surface area contributed by atoms with E-state index < -0.39 is 0 Å². The fraction of sp³-hybridized carbons (Fsp3) is 0.400. The summed E-state index contributed by atoms with van der Waals surface area (Å²) < 4.78 is 0. The first-order valence-electron chi connectivity index (χ1n) is 4.70. The van der Waals surface area contributed by atoms with Crippen molar-refractivity contribution in [3.05, 3.63) is 22.8 Å². The number of rotatable bonds is 3. The van der Waals surface area contributed by atoms with Crippen LogP contribution in [0, 0.1) is 5.92 Å². The van der Waals surface area contributed by atoms with Crippen molar-refractivity contribution in [2.24, 2.45) is 5.92 Å². The van der Waals surface area contributed by atoms with Gasteiger partial charge in [-0.3, -0.25) is 4.79 Å². The Morgan fingerprint density at radius 3 is 2.87 bits per heavy atom. The highest BCUT2D eigenvalue weighted by molar-refractivity contribution is 6.33. The standard InChI is InChI=1S/C10H14ClN3O/c1-6(2)4-14-10(15)7-3-8(11)9(12)13-5-7/h3,5-6H,4H2,1-2H3,(H2,12,13)(H,14,15). The largest absolute Gasteiger partial charge is 0.382 e. The molecular formula is C10H14ClN3O. The number of pyridine rings is 1. The Morgan fingerprint density at radius 2 is 2.33 bits per heavy atom. The number of amides is 1. The van der Waals surface area contributed by atoms with Crippen LogP contribution in [-0.4, -0.2) is 17.4 Å². The van der Waals surface area contributed by atoms with E-state index in [1.165, 1.54) is 12.3 Å². The molecule has 1 rings (SSSR count). The summed E-state index contributed by atoms with van der Waals surface area (Å²) in [7, 11) is 0. The predicted molar refractivity (Wildman–Crippen MR) is 60.8 cm³/mol. The fourth-order valence-electron chi connectivity index (χ4n) is 0.972. The van der Waals surface area contributed by atoms with Crippen LogP contribution < -0.4 is 11.1 Å². The molecule has 0 atom stereocenters. The number of nitrogens with zero attached hydrogens (tertiary/aromatic N) is 1. The molecule has 0 spiro atoms. The highest BCUT2D eigenvalue weighted by atomic mass is 35.5. The van der Waals surface area contributed by atoms with E-state index in [4.69, 9.17) is 17.3 Å². The van der Waals surface area contributed by atoms with Crippen LogP contribution in [0.2, 0.25) is 5.02 Å². The van der Waals surface area contributed by atoms with Gasteiger partial charge in [-0.25, -0.2) is 4.98 Å². The number of nitrogens with two attached hydrogens (primary N) is 1. The predicted octanol–water partition coefficient (Wildman–Crippen LogP) is 1.70. The van der Waals surface area contributed by atoms with Crippen molar-refractivity contribution in [1.29, 1.82) is 0 Å². The average molecular weight is 228 g/mol. The zero-order chi connectivity index (χ0) is 11.4. The van der Waals surface area contributed by atoms with Crippen LogP contribution in [0.3, 0.4) is 0 Å². The first kappa shape index (κ1) is 11.8. The molecule has 0 aliphatic carbocycles. The van der Waals surface area contributed by atoms with E-state index in [9.17, 15) is 4.79 Å². The van der Waals surface area contributed by atoms with Gasteiger partial charge in [0.25, 0.3) is 5.91 Å². The van der Waals surface area contributed by atoms with Crippen LogP contribution in [0.5, 0.6) is 0 Å². The normalized spacial score (nSPS) is 10.4. The van der Waals surface area contributed by atoms with Gasteiger partial charge in [-0.1, -0.05) is 25.4 Å². The molecule has 0 aromatic carbocycles. The van der Waals surface area contributed by atoms with Crippen molar-refractivity contribution >= 4 is 23.3 Å². The molecule has 4 nitrogen and oxygen atoms in total. The lowest BCUT2D eigenvalue weighted by Crippen LogP contribution is -2.27. The van der Waals surface area contributed by atoms with E-state index >= 15 is 0 Å². The highest BCUT2D eigenvalue weighted by Gasteiger charge is 2.08. The van der Waals surface area contributed by atoms with Crippen molar-refractivity contribution in [2.75, 3.05) is 12.3 Å². The lowest BCUT2D eigenvalue weighted by atomic mass is 10.2. The van der Waals surface area contributed by atoms with Crippen molar-refractivity contribution in [3.63, 3.8) is 0 Å². The zero-order valence-corrected chi connectivity index (χ0v) is 9.51. The minimum absolute atomic E-state index is 0.182. The van der Waals surface area contributed by atoms with E-state index in [1.807, 2.05) is 13.8 Å². The van der Waals surface area contributed by atoms with Gasteiger partial charge in [0.1, 0.15) is 5.82 Å². The number of halogens is 1. The van der Waals surface area contributed by atoms with Crippen molar-refractivity contribution in [2.45, 2.75) is 13.8 Å². The Labute approximate surface area is 93.8 Å². The van der Waals surface area contributed by atoms with E-state index in [-0.39, 0.29) is 11.7 Å². The summed E-state index contributed by atoms with van der Waals surface area (Å²) in [4.78, 5) is 15.4. The second-order valence-electron chi connectivity index (χ2n) is 3.69. The summed E-state index contributed by atoms with van der Waals surface area (Å²) >= 11 is 5.75. The molecule has 15 heavy (non-hydrogen) atoms. The molecule has 0 fully saturated rings. The Morgan fingerprint density at radius 1 is 1.67 bits per heavy atom. The Balaban J connectivity index is 2.70. The number of carbonyl (C=O) groups excluding carboxylic acids is 1. The molecule has 5 heteroatoms. The third-order valence-electron chi connectivity index (χ3n) is 1.80. The molecule has 1 amide bonds. The molecule has 0 aliphatic heterocycles. The summed E-state index contributed by atoms with van der Waals surface area (Å²) in [6, 6.07) is 1.51. The molecular weight excluding hydrogens is 214 g/mol. The van der Waals surface area contributed by atoms with Gasteiger partial charge in [0.15, 0.2) is 0 Å². The minimum atomic E-state index is -0.182. The quantitative estimate of drug-likeness (QED) is 0.826. The molecule has 0 aliphatic rings. The lowest BCUT2D eigenvalue weighted by Gasteiger charge is -2.07. The van der Waals surface area contributed by atoms with E-state index in [1.54, 1.807) is 0 Å². The second-order valence-corrected chi connectivity index (χ2v) is 4.10. The van der Waals surface area contributed by atoms with Crippen molar-refractivity contribution in [1.82, 2.24) is 10.3 Å². The van der Waals surface area contributed by atoms with Gasteiger partial charge in [-0.05, 0) is 12.0 Å². The summed E-state index contributed by atoms with van der Waals surface area (Å²) in [5.74, 6) is 0.460. The number of nitrogens with one attached hydrogen (secondary N) is 1. The monoisotopic (exact) mass is 227 g/mol. The summed E-state index contributed by atoms with van der Waals surface area (Å²) in [5.41, 5.74) is 5.86. The number of carbonyl (C=O) groups is 1.